The SMILES string of the molecule is CC[C@@H]1NC[C@@H](c2cc(F)cc(F)c2)N(CC(=O)Nc2ccc3c(c2)C[C@@]2(C3)C(=O)Nc3ncccc32)C1=O. The Morgan fingerprint density at radius 2 is 1.87 bits per heavy atom. The van der Waals surface area contributed by atoms with E-state index in [9.17, 15) is 23.2 Å². The van der Waals surface area contributed by atoms with Gasteiger partial charge >= 0.3 is 0 Å². The summed E-state index contributed by atoms with van der Waals surface area (Å²) in [7, 11) is 0. The van der Waals surface area contributed by atoms with Crippen LogP contribution < -0.4 is 16.0 Å². The average molecular weight is 532 g/mol. The van der Waals surface area contributed by atoms with Crippen molar-refractivity contribution in [2.75, 3.05) is 23.7 Å². The molecule has 2 aromatic carbocycles. The maximum absolute atomic E-state index is 14.0. The number of piperazine rings is 1. The van der Waals surface area contributed by atoms with E-state index in [4.69, 9.17) is 0 Å². The summed E-state index contributed by atoms with van der Waals surface area (Å²) in [5.74, 6) is -1.72. The van der Waals surface area contributed by atoms with Crippen molar-refractivity contribution in [2.24, 2.45) is 0 Å². The molecule has 1 saturated heterocycles. The molecule has 3 aromatic rings. The van der Waals surface area contributed by atoms with Gasteiger partial charge in [0, 0.05) is 30.1 Å². The minimum atomic E-state index is -0.746. The number of nitrogens with one attached hydrogen (secondary N) is 3. The van der Waals surface area contributed by atoms with Crippen LogP contribution in [0.4, 0.5) is 20.3 Å². The number of fused-ring (bicyclic) bond motifs is 3. The molecule has 3 aliphatic rings. The lowest BCUT2D eigenvalue weighted by Crippen LogP contribution is -2.57. The molecule has 200 valence electrons. The highest BCUT2D eigenvalue weighted by atomic mass is 19.1. The Balaban J connectivity index is 1.21. The van der Waals surface area contributed by atoms with Gasteiger partial charge in [0.1, 0.15) is 24.0 Å². The zero-order valence-electron chi connectivity index (χ0n) is 21.3. The number of halogens is 2. The van der Waals surface area contributed by atoms with Crippen LogP contribution in [-0.2, 0) is 32.6 Å². The van der Waals surface area contributed by atoms with Gasteiger partial charge in [0.25, 0.3) is 0 Å². The molecule has 2 aliphatic heterocycles. The Labute approximate surface area is 223 Å². The highest BCUT2D eigenvalue weighted by Gasteiger charge is 2.51. The van der Waals surface area contributed by atoms with E-state index in [-0.39, 0.29) is 30.5 Å². The Hall–Kier alpha value is -4.18. The Morgan fingerprint density at radius 1 is 1.10 bits per heavy atom. The molecular formula is C29H27F2N5O3. The standard InChI is InChI=1S/C29H27F2N5O3/c1-2-23-27(38)36(24(14-33-23)17-8-19(30)11-20(31)9-17)15-25(37)34-21-6-5-16-12-29(13-18(16)10-21)22-4-3-7-32-26(22)35-28(29)39/h3-11,23-24,33H,2,12-15H2,1H3,(H,34,37)(H,32,35,39)/t23-,24-,29+/m0/s1. The second-order valence-corrected chi connectivity index (χ2v) is 10.4. The van der Waals surface area contributed by atoms with E-state index in [1.807, 2.05) is 31.2 Å². The summed E-state index contributed by atoms with van der Waals surface area (Å²) in [5, 5.41) is 8.86. The van der Waals surface area contributed by atoms with Crippen molar-refractivity contribution >= 4 is 29.2 Å². The third kappa shape index (κ3) is 4.34. The van der Waals surface area contributed by atoms with Crippen LogP contribution in [0.2, 0.25) is 0 Å². The van der Waals surface area contributed by atoms with E-state index < -0.39 is 35.0 Å². The number of carbonyl (C=O) groups excluding carboxylic acids is 3. The summed E-state index contributed by atoms with van der Waals surface area (Å²) >= 11 is 0. The number of hydrogen-bond donors (Lipinski definition) is 3. The normalized spacial score (nSPS) is 23.5. The van der Waals surface area contributed by atoms with Crippen LogP contribution in [0.15, 0.2) is 54.7 Å². The lowest BCUT2D eigenvalue weighted by atomic mass is 9.79. The summed E-state index contributed by atoms with van der Waals surface area (Å²) in [6.45, 7) is 1.84. The molecule has 8 nitrogen and oxygen atoms in total. The van der Waals surface area contributed by atoms with Gasteiger partial charge in [-0.1, -0.05) is 19.1 Å². The molecule has 0 saturated carbocycles. The molecule has 0 unspecified atom stereocenters. The zero-order chi connectivity index (χ0) is 27.3. The highest BCUT2D eigenvalue weighted by Crippen LogP contribution is 2.47. The smallest absolute Gasteiger partial charge is 0.244 e. The number of pyridine rings is 1. The number of carbonyl (C=O) groups is 3. The largest absolute Gasteiger partial charge is 0.325 e. The third-order valence-electron chi connectivity index (χ3n) is 7.97. The molecule has 6 rings (SSSR count). The summed E-state index contributed by atoms with van der Waals surface area (Å²) in [6.07, 6.45) is 3.19. The molecule has 3 amide bonds. The summed E-state index contributed by atoms with van der Waals surface area (Å²) in [5.41, 5.74) is 2.96. The molecule has 0 bridgehead atoms. The average Bonchev–Trinajstić information content (AvgIpc) is 3.41. The van der Waals surface area contributed by atoms with Crippen LogP contribution in [0.5, 0.6) is 0 Å². The molecule has 3 atom stereocenters. The first kappa shape index (κ1) is 25.1. The quantitative estimate of drug-likeness (QED) is 0.469. The molecule has 3 N–H and O–H groups in total. The number of amides is 3. The number of rotatable bonds is 5. The maximum atomic E-state index is 14.0. The fourth-order valence-corrected chi connectivity index (χ4v) is 6.08. The lowest BCUT2D eigenvalue weighted by Gasteiger charge is -2.39. The number of aromatic nitrogens is 1. The van der Waals surface area contributed by atoms with Gasteiger partial charge in [-0.25, -0.2) is 13.8 Å². The molecular weight excluding hydrogens is 504 g/mol. The second kappa shape index (κ2) is 9.53. The first-order valence-electron chi connectivity index (χ1n) is 13.0. The van der Waals surface area contributed by atoms with Crippen molar-refractivity contribution in [1.29, 1.82) is 0 Å². The van der Waals surface area contributed by atoms with E-state index in [1.165, 1.54) is 17.0 Å². The van der Waals surface area contributed by atoms with Crippen molar-refractivity contribution in [1.82, 2.24) is 15.2 Å². The van der Waals surface area contributed by atoms with Gasteiger partial charge in [-0.2, -0.15) is 0 Å². The van der Waals surface area contributed by atoms with Gasteiger partial charge in [-0.15, -0.1) is 0 Å². The van der Waals surface area contributed by atoms with Crippen LogP contribution in [0.25, 0.3) is 0 Å². The Kier molecular flexibility index (Phi) is 6.14. The summed E-state index contributed by atoms with van der Waals surface area (Å²) < 4.78 is 27.9. The van der Waals surface area contributed by atoms with Gasteiger partial charge < -0.3 is 20.9 Å². The molecule has 39 heavy (non-hydrogen) atoms. The lowest BCUT2D eigenvalue weighted by molar-refractivity contribution is -0.142. The molecule has 1 spiro atoms. The van der Waals surface area contributed by atoms with Crippen molar-refractivity contribution in [2.45, 2.75) is 43.7 Å². The number of anilines is 2. The highest BCUT2D eigenvalue weighted by molar-refractivity contribution is 6.06. The molecule has 1 fully saturated rings. The van der Waals surface area contributed by atoms with Crippen molar-refractivity contribution in [3.63, 3.8) is 0 Å². The predicted molar refractivity (Wildman–Crippen MR) is 140 cm³/mol. The molecule has 3 heterocycles. The topological polar surface area (TPSA) is 103 Å². The predicted octanol–water partition coefficient (Wildman–Crippen LogP) is 3.24. The molecule has 0 radical (unpaired) electrons. The van der Waals surface area contributed by atoms with Crippen molar-refractivity contribution < 1.29 is 23.2 Å². The van der Waals surface area contributed by atoms with Gasteiger partial charge in [0.2, 0.25) is 17.7 Å². The van der Waals surface area contributed by atoms with Crippen LogP contribution in [0, 0.1) is 11.6 Å². The van der Waals surface area contributed by atoms with Gasteiger partial charge in [-0.3, -0.25) is 14.4 Å². The van der Waals surface area contributed by atoms with E-state index in [0.29, 0.717) is 30.8 Å². The third-order valence-corrected chi connectivity index (χ3v) is 7.97. The van der Waals surface area contributed by atoms with E-state index in [0.717, 1.165) is 22.8 Å². The first-order valence-corrected chi connectivity index (χ1v) is 13.0. The summed E-state index contributed by atoms with van der Waals surface area (Å²) in [4.78, 5) is 45.0. The van der Waals surface area contributed by atoms with Crippen LogP contribution in [0.3, 0.4) is 0 Å². The second-order valence-electron chi connectivity index (χ2n) is 10.4. The van der Waals surface area contributed by atoms with E-state index >= 15 is 0 Å². The number of nitrogens with zero attached hydrogens (tertiary/aromatic N) is 2. The Morgan fingerprint density at radius 3 is 2.64 bits per heavy atom. The fourth-order valence-electron chi connectivity index (χ4n) is 6.08. The molecule has 10 heteroatoms. The maximum Gasteiger partial charge on any atom is 0.244 e. The van der Waals surface area contributed by atoms with Gasteiger partial charge in [0.15, 0.2) is 0 Å². The number of benzene rings is 2. The molecule has 1 aliphatic carbocycles. The monoisotopic (exact) mass is 531 g/mol. The Bertz CT molecular complexity index is 1490. The van der Waals surface area contributed by atoms with E-state index in [2.05, 4.69) is 20.9 Å². The zero-order valence-corrected chi connectivity index (χ0v) is 21.3. The van der Waals surface area contributed by atoms with Crippen LogP contribution in [0.1, 0.15) is 41.6 Å². The van der Waals surface area contributed by atoms with Crippen LogP contribution in [-0.4, -0.2) is 46.7 Å². The van der Waals surface area contributed by atoms with Crippen LogP contribution >= 0.6 is 0 Å². The molecule has 1 aromatic heterocycles. The van der Waals surface area contributed by atoms with Crippen molar-refractivity contribution in [3.8, 4) is 0 Å². The van der Waals surface area contributed by atoms with Gasteiger partial charge in [0.05, 0.1) is 17.5 Å². The summed E-state index contributed by atoms with van der Waals surface area (Å²) in [6, 6.07) is 11.2. The minimum Gasteiger partial charge on any atom is -0.325 e. The minimum absolute atomic E-state index is 0.0829. The number of hydrogen-bond acceptors (Lipinski definition) is 5. The van der Waals surface area contributed by atoms with Crippen molar-refractivity contribution in [3.05, 3.63) is 88.6 Å². The van der Waals surface area contributed by atoms with Gasteiger partial charge in [-0.05, 0) is 66.3 Å². The first-order chi connectivity index (χ1) is 18.8. The van der Waals surface area contributed by atoms with E-state index in [1.54, 1.807) is 12.3 Å². The fraction of sp³-hybridized carbons (Fsp3) is 0.310.